The molecule has 0 aromatic rings. The topological polar surface area (TPSA) is 62.1 Å². The molecule has 4 nitrogen and oxygen atoms in total. The first-order valence-electron chi connectivity index (χ1n) is 5.03. The van der Waals surface area contributed by atoms with E-state index in [0.29, 0.717) is 0 Å². The van der Waals surface area contributed by atoms with Crippen molar-refractivity contribution >= 4 is 17.3 Å². The van der Waals surface area contributed by atoms with Crippen molar-refractivity contribution in [2.75, 3.05) is 0 Å². The van der Waals surface area contributed by atoms with Gasteiger partial charge in [-0.1, -0.05) is 0 Å². The maximum Gasteiger partial charge on any atom is 0.182 e. The summed E-state index contributed by atoms with van der Waals surface area (Å²) in [6.45, 7) is 8.61. The third-order valence-electron chi connectivity index (χ3n) is 2.17. The van der Waals surface area contributed by atoms with Crippen molar-refractivity contribution in [1.29, 1.82) is 0 Å². The van der Waals surface area contributed by atoms with Crippen LogP contribution in [0.5, 0.6) is 0 Å². The average molecular weight is 228 g/mol. The molecular formula is C10H20N4S. The molecule has 0 fully saturated rings. The molecule has 0 saturated carbocycles. The van der Waals surface area contributed by atoms with E-state index in [9.17, 15) is 0 Å². The van der Waals surface area contributed by atoms with Crippen LogP contribution in [-0.4, -0.2) is 16.2 Å². The molecule has 0 spiro atoms. The van der Waals surface area contributed by atoms with Crippen molar-refractivity contribution in [2.45, 2.75) is 45.2 Å². The summed E-state index contributed by atoms with van der Waals surface area (Å²) in [5.41, 5.74) is 12.3. The predicted octanol–water partition coefficient (Wildman–Crippen LogP) is 0.759. The Kier molecular flexibility index (Phi) is 3.25. The molecule has 0 bridgehead atoms. The zero-order valence-electron chi connectivity index (χ0n) is 9.77. The molecule has 0 radical (unpaired) electrons. The lowest BCUT2D eigenvalue weighted by atomic mass is 9.87. The second kappa shape index (κ2) is 3.98. The Labute approximate surface area is 96.6 Å². The van der Waals surface area contributed by atoms with Gasteiger partial charge in [0.2, 0.25) is 0 Å². The number of hydrazine groups is 1. The average Bonchev–Trinajstić information content (AvgIpc) is 1.94. The Morgan fingerprint density at radius 3 is 2.53 bits per heavy atom. The minimum absolute atomic E-state index is 0.0258. The summed E-state index contributed by atoms with van der Waals surface area (Å²) in [6, 6.07) is 0. The van der Waals surface area contributed by atoms with Crippen LogP contribution in [0.1, 0.15) is 34.1 Å². The monoisotopic (exact) mass is 228 g/mol. The fraction of sp³-hybridized carbons (Fsp3) is 0.700. The quantitative estimate of drug-likeness (QED) is 0.415. The van der Waals surface area contributed by atoms with Gasteiger partial charge in [0.05, 0.1) is 0 Å². The number of hydrogen-bond donors (Lipinski definition) is 4. The number of thiocarbonyl (C=S) groups is 1. The van der Waals surface area contributed by atoms with Gasteiger partial charge in [-0.3, -0.25) is 5.43 Å². The minimum atomic E-state index is -0.0258. The van der Waals surface area contributed by atoms with E-state index in [2.05, 4.69) is 49.9 Å². The smallest absolute Gasteiger partial charge is 0.182 e. The fourth-order valence-corrected chi connectivity index (χ4v) is 2.19. The molecule has 1 rings (SSSR count). The van der Waals surface area contributed by atoms with E-state index in [1.54, 1.807) is 0 Å². The van der Waals surface area contributed by atoms with Crippen LogP contribution in [0.15, 0.2) is 11.8 Å². The molecule has 0 amide bonds. The van der Waals surface area contributed by atoms with Gasteiger partial charge >= 0.3 is 0 Å². The first kappa shape index (κ1) is 12.3. The largest absolute Gasteiger partial charge is 0.375 e. The zero-order chi connectivity index (χ0) is 11.7. The summed E-state index contributed by atoms with van der Waals surface area (Å²) in [5, 5.41) is 3.80. The van der Waals surface area contributed by atoms with E-state index < -0.39 is 0 Å². The molecule has 5 N–H and O–H groups in total. The van der Waals surface area contributed by atoms with Crippen LogP contribution in [-0.2, 0) is 0 Å². The predicted molar refractivity (Wildman–Crippen MR) is 67.1 cm³/mol. The molecular weight excluding hydrogens is 208 g/mol. The highest BCUT2D eigenvalue weighted by Gasteiger charge is 2.32. The molecule has 0 saturated heterocycles. The molecule has 0 aromatic heterocycles. The normalized spacial score (nSPS) is 22.8. The Hall–Kier alpha value is -0.810. The molecule has 5 heteroatoms. The van der Waals surface area contributed by atoms with Gasteiger partial charge in [0, 0.05) is 23.2 Å². The van der Waals surface area contributed by atoms with Crippen molar-refractivity contribution in [3.63, 3.8) is 0 Å². The van der Waals surface area contributed by atoms with Gasteiger partial charge in [0.15, 0.2) is 5.11 Å². The van der Waals surface area contributed by atoms with Gasteiger partial charge in [-0.2, -0.15) is 0 Å². The van der Waals surface area contributed by atoms with Gasteiger partial charge in [-0.15, -0.1) is 0 Å². The van der Waals surface area contributed by atoms with Crippen LogP contribution in [0.25, 0.3) is 0 Å². The van der Waals surface area contributed by atoms with Crippen LogP contribution in [0.4, 0.5) is 0 Å². The second-order valence-electron chi connectivity index (χ2n) is 5.19. The van der Waals surface area contributed by atoms with Crippen molar-refractivity contribution in [3.05, 3.63) is 11.8 Å². The van der Waals surface area contributed by atoms with Crippen LogP contribution in [0.3, 0.4) is 0 Å². The van der Waals surface area contributed by atoms with Crippen LogP contribution in [0.2, 0.25) is 0 Å². The molecule has 1 heterocycles. The van der Waals surface area contributed by atoms with Crippen LogP contribution >= 0.6 is 12.2 Å². The standard InChI is InChI=1S/C10H20N4S/c1-9(2)5-7(12-13-8(11)15)6-10(3,4)14-9/h5,12,14H,6H2,1-4H3,(H3,11,13,15). The van der Waals surface area contributed by atoms with E-state index in [-0.39, 0.29) is 16.2 Å². The SMILES string of the molecule is CC1(C)C=C(NNC(N)=S)CC(C)(C)N1. The maximum absolute atomic E-state index is 5.36. The maximum atomic E-state index is 5.36. The fourth-order valence-electron chi connectivity index (χ4n) is 2.14. The number of hydrogen-bond acceptors (Lipinski definition) is 3. The highest BCUT2D eigenvalue weighted by molar-refractivity contribution is 7.80. The molecule has 0 aromatic carbocycles. The molecule has 0 atom stereocenters. The molecule has 1 aliphatic rings. The third kappa shape index (κ3) is 4.05. The lowest BCUT2D eigenvalue weighted by molar-refractivity contribution is 0.275. The molecule has 0 unspecified atom stereocenters. The molecule has 1 aliphatic heterocycles. The van der Waals surface area contributed by atoms with Crippen molar-refractivity contribution in [3.8, 4) is 0 Å². The zero-order valence-corrected chi connectivity index (χ0v) is 10.6. The van der Waals surface area contributed by atoms with Crippen molar-refractivity contribution in [2.24, 2.45) is 5.73 Å². The highest BCUT2D eigenvalue weighted by atomic mass is 32.1. The Bertz CT molecular complexity index is 294. The first-order chi connectivity index (χ1) is 6.70. The van der Waals surface area contributed by atoms with Gasteiger partial charge in [0.1, 0.15) is 0 Å². The number of rotatable bonds is 2. The number of nitrogens with one attached hydrogen (secondary N) is 3. The first-order valence-corrected chi connectivity index (χ1v) is 5.44. The summed E-state index contributed by atoms with van der Waals surface area (Å²) in [6.07, 6.45) is 3.05. The second-order valence-corrected chi connectivity index (χ2v) is 5.63. The van der Waals surface area contributed by atoms with Crippen LogP contribution in [0, 0.1) is 0 Å². The minimum Gasteiger partial charge on any atom is -0.375 e. The summed E-state index contributed by atoms with van der Waals surface area (Å²) < 4.78 is 0. The summed E-state index contributed by atoms with van der Waals surface area (Å²) in [4.78, 5) is 0. The third-order valence-corrected chi connectivity index (χ3v) is 2.28. The van der Waals surface area contributed by atoms with Gasteiger partial charge in [0.25, 0.3) is 0 Å². The Morgan fingerprint density at radius 1 is 1.47 bits per heavy atom. The molecule has 0 aliphatic carbocycles. The van der Waals surface area contributed by atoms with Gasteiger partial charge in [-0.25, -0.2) is 0 Å². The Balaban J connectivity index is 2.71. The van der Waals surface area contributed by atoms with E-state index in [0.717, 1.165) is 12.1 Å². The highest BCUT2D eigenvalue weighted by Crippen LogP contribution is 2.25. The van der Waals surface area contributed by atoms with Gasteiger partial charge in [-0.05, 0) is 46.0 Å². The number of nitrogens with two attached hydrogens (primary N) is 1. The van der Waals surface area contributed by atoms with Gasteiger partial charge < -0.3 is 16.5 Å². The lowest BCUT2D eigenvalue weighted by Crippen LogP contribution is -2.56. The molecule has 86 valence electrons. The Morgan fingerprint density at radius 2 is 2.07 bits per heavy atom. The summed E-state index contributed by atoms with van der Waals surface area (Å²) in [5.74, 6) is 0. The van der Waals surface area contributed by atoms with Crippen molar-refractivity contribution < 1.29 is 0 Å². The van der Waals surface area contributed by atoms with E-state index >= 15 is 0 Å². The molecule has 15 heavy (non-hydrogen) atoms. The summed E-state index contributed by atoms with van der Waals surface area (Å²) >= 11 is 4.74. The summed E-state index contributed by atoms with van der Waals surface area (Å²) in [7, 11) is 0. The van der Waals surface area contributed by atoms with E-state index in [1.807, 2.05) is 0 Å². The van der Waals surface area contributed by atoms with E-state index in [4.69, 9.17) is 18.0 Å². The van der Waals surface area contributed by atoms with E-state index in [1.165, 1.54) is 0 Å². The lowest BCUT2D eigenvalue weighted by Gasteiger charge is -2.41. The van der Waals surface area contributed by atoms with Crippen LogP contribution < -0.4 is 21.9 Å². The van der Waals surface area contributed by atoms with Crippen molar-refractivity contribution in [1.82, 2.24) is 16.2 Å².